The Labute approximate surface area is 215 Å². The van der Waals surface area contributed by atoms with Crippen LogP contribution in [-0.2, 0) is 6.54 Å². The number of rotatable bonds is 10. The van der Waals surface area contributed by atoms with Crippen molar-refractivity contribution in [3.8, 4) is 22.1 Å². The van der Waals surface area contributed by atoms with Crippen molar-refractivity contribution in [3.63, 3.8) is 0 Å². The summed E-state index contributed by atoms with van der Waals surface area (Å²) >= 11 is 1.18. The lowest BCUT2D eigenvalue weighted by molar-refractivity contribution is -0.0515. The van der Waals surface area contributed by atoms with E-state index < -0.39 is 30.2 Å². The highest BCUT2D eigenvalue weighted by molar-refractivity contribution is 7.15. The van der Waals surface area contributed by atoms with E-state index in [9.17, 15) is 22.4 Å². The fraction of sp³-hybridized carbons (Fsp3) is 0.333. The van der Waals surface area contributed by atoms with Gasteiger partial charge in [0.2, 0.25) is 0 Å². The van der Waals surface area contributed by atoms with Crippen molar-refractivity contribution >= 4 is 29.7 Å². The van der Waals surface area contributed by atoms with Gasteiger partial charge in [0.1, 0.15) is 22.3 Å². The van der Waals surface area contributed by atoms with E-state index in [0.717, 1.165) is 25.0 Å². The number of nitrogens with zero attached hydrogens (tertiary/aromatic N) is 1. The molecule has 0 aliphatic heterocycles. The number of aromatic nitrogens is 1. The molecule has 0 unspecified atom stereocenters. The molecule has 2 aromatic carbocycles. The molecular weight excluding hydrogens is 522 g/mol. The number of amides is 1. The molecule has 1 atom stereocenters. The second kappa shape index (κ2) is 11.9. The van der Waals surface area contributed by atoms with Crippen LogP contribution in [0.15, 0.2) is 36.4 Å². The van der Waals surface area contributed by atoms with E-state index in [0.29, 0.717) is 28.0 Å². The van der Waals surface area contributed by atoms with Gasteiger partial charge in [0.15, 0.2) is 11.5 Å². The van der Waals surface area contributed by atoms with Crippen molar-refractivity contribution in [1.29, 1.82) is 0 Å². The summed E-state index contributed by atoms with van der Waals surface area (Å²) < 4.78 is 63.0. The number of nitrogens with two attached hydrogens (primary N) is 1. The van der Waals surface area contributed by atoms with Crippen LogP contribution >= 0.6 is 23.7 Å². The van der Waals surface area contributed by atoms with Gasteiger partial charge in [-0.2, -0.15) is 8.78 Å². The van der Waals surface area contributed by atoms with Gasteiger partial charge >= 0.3 is 6.61 Å². The molecule has 1 fully saturated rings. The largest absolute Gasteiger partial charge is 0.489 e. The van der Waals surface area contributed by atoms with Crippen LogP contribution in [0, 0.1) is 17.6 Å². The lowest BCUT2D eigenvalue weighted by Crippen LogP contribution is -2.25. The number of alkyl halides is 2. The first-order valence-corrected chi connectivity index (χ1v) is 11.7. The van der Waals surface area contributed by atoms with Gasteiger partial charge in [-0.3, -0.25) is 4.79 Å². The Morgan fingerprint density at radius 2 is 1.94 bits per heavy atom. The maximum absolute atomic E-state index is 13.9. The first kappa shape index (κ1) is 27.7. The number of ether oxygens (including phenoxy) is 2. The molecule has 0 saturated heterocycles. The summed E-state index contributed by atoms with van der Waals surface area (Å²) in [4.78, 5) is 17.8. The lowest BCUT2D eigenvalue weighted by atomic mass is 10.2. The first-order chi connectivity index (χ1) is 16.7. The molecule has 1 aromatic heterocycles. The summed E-state index contributed by atoms with van der Waals surface area (Å²) in [6.45, 7) is -1.10. The molecule has 1 aliphatic carbocycles. The van der Waals surface area contributed by atoms with Gasteiger partial charge in [-0.15, -0.1) is 23.7 Å². The number of benzene rings is 2. The molecule has 6 nitrogen and oxygen atoms in total. The molecule has 3 aromatic rings. The SMILES string of the molecule is C[C@H](N)c1sc(-c2ccc(OC(F)F)c(OCC3CC3)c2)nc1C(=O)NCc1ccc(F)cc1F.Cl. The average molecular weight is 546 g/mol. The standard InChI is InChI=1S/C24H23F4N3O3S.ClH/c1-12(29)21-20(22(32)30-10-15-4-6-16(25)9-17(15)26)31-23(35-21)14-5-7-18(34-24(27)28)19(8-14)33-11-13-2-3-13;/h4-9,12-13,24H,2-3,10-11,29H2,1H3,(H,30,32);1H/t12-;/m0./s1. The topological polar surface area (TPSA) is 86.5 Å². The highest BCUT2D eigenvalue weighted by Gasteiger charge is 2.25. The number of nitrogens with one attached hydrogen (secondary N) is 1. The van der Waals surface area contributed by atoms with Gasteiger partial charge in [-0.25, -0.2) is 13.8 Å². The van der Waals surface area contributed by atoms with Crippen LogP contribution in [0.1, 0.15) is 46.7 Å². The molecule has 1 aliphatic rings. The number of carbonyl (C=O) groups is 1. The molecule has 0 spiro atoms. The van der Waals surface area contributed by atoms with Crippen molar-refractivity contribution in [2.75, 3.05) is 6.61 Å². The van der Waals surface area contributed by atoms with E-state index in [2.05, 4.69) is 15.0 Å². The normalized spacial score (nSPS) is 13.8. The minimum Gasteiger partial charge on any atom is -0.489 e. The summed E-state index contributed by atoms with van der Waals surface area (Å²) in [5.74, 6) is -1.61. The molecule has 0 bridgehead atoms. The van der Waals surface area contributed by atoms with E-state index in [1.807, 2.05) is 0 Å². The van der Waals surface area contributed by atoms with Gasteiger partial charge in [-0.05, 0) is 49.9 Å². The van der Waals surface area contributed by atoms with Crippen molar-refractivity contribution < 1.29 is 31.8 Å². The highest BCUT2D eigenvalue weighted by Crippen LogP contribution is 2.38. The maximum Gasteiger partial charge on any atom is 0.387 e. The van der Waals surface area contributed by atoms with Crippen LogP contribution in [0.5, 0.6) is 11.5 Å². The molecule has 36 heavy (non-hydrogen) atoms. The van der Waals surface area contributed by atoms with Crippen LogP contribution in [0.4, 0.5) is 17.6 Å². The monoisotopic (exact) mass is 545 g/mol. The van der Waals surface area contributed by atoms with Crippen molar-refractivity contribution in [3.05, 3.63) is 64.2 Å². The van der Waals surface area contributed by atoms with E-state index in [1.165, 1.54) is 23.5 Å². The Morgan fingerprint density at radius 1 is 1.19 bits per heavy atom. The Balaban J connectivity index is 0.00000361. The number of thiazole rings is 1. The second-order valence-corrected chi connectivity index (χ2v) is 9.26. The maximum atomic E-state index is 13.9. The van der Waals surface area contributed by atoms with Crippen LogP contribution in [0.25, 0.3) is 10.6 Å². The Hall–Kier alpha value is -2.89. The van der Waals surface area contributed by atoms with Crippen molar-refractivity contribution in [1.82, 2.24) is 10.3 Å². The van der Waals surface area contributed by atoms with Gasteiger partial charge in [0.25, 0.3) is 5.91 Å². The number of halogens is 5. The zero-order chi connectivity index (χ0) is 25.1. The molecule has 4 rings (SSSR count). The van der Waals surface area contributed by atoms with Gasteiger partial charge < -0.3 is 20.5 Å². The third-order valence-electron chi connectivity index (χ3n) is 5.31. The minimum absolute atomic E-state index is 0. The Morgan fingerprint density at radius 3 is 2.58 bits per heavy atom. The number of carbonyl (C=O) groups excluding carboxylic acids is 1. The van der Waals surface area contributed by atoms with E-state index in [4.69, 9.17) is 10.5 Å². The third-order valence-corrected chi connectivity index (χ3v) is 6.62. The van der Waals surface area contributed by atoms with E-state index in [-0.39, 0.29) is 41.7 Å². The van der Waals surface area contributed by atoms with Crippen LogP contribution in [0.3, 0.4) is 0 Å². The van der Waals surface area contributed by atoms with Gasteiger partial charge in [0.05, 0.1) is 11.5 Å². The fourth-order valence-electron chi connectivity index (χ4n) is 3.29. The van der Waals surface area contributed by atoms with Crippen LogP contribution < -0.4 is 20.5 Å². The zero-order valence-electron chi connectivity index (χ0n) is 19.1. The lowest BCUT2D eigenvalue weighted by Gasteiger charge is -2.13. The molecule has 1 heterocycles. The summed E-state index contributed by atoms with van der Waals surface area (Å²) in [5.41, 5.74) is 6.77. The highest BCUT2D eigenvalue weighted by atomic mass is 35.5. The van der Waals surface area contributed by atoms with Crippen molar-refractivity contribution in [2.24, 2.45) is 11.7 Å². The first-order valence-electron chi connectivity index (χ1n) is 10.9. The zero-order valence-corrected chi connectivity index (χ0v) is 20.7. The second-order valence-electron chi connectivity index (χ2n) is 8.23. The minimum atomic E-state index is -3.00. The Bertz CT molecular complexity index is 1220. The van der Waals surface area contributed by atoms with Crippen LogP contribution in [0.2, 0.25) is 0 Å². The van der Waals surface area contributed by atoms with Crippen LogP contribution in [-0.4, -0.2) is 24.1 Å². The summed E-state index contributed by atoms with van der Waals surface area (Å²) in [5, 5.41) is 3.00. The summed E-state index contributed by atoms with van der Waals surface area (Å²) in [7, 11) is 0. The molecule has 0 radical (unpaired) electrons. The number of hydrogen-bond acceptors (Lipinski definition) is 6. The molecule has 12 heteroatoms. The molecular formula is C24H24ClF4N3O3S. The van der Waals surface area contributed by atoms with Crippen molar-refractivity contribution in [2.45, 2.75) is 39.0 Å². The smallest absolute Gasteiger partial charge is 0.387 e. The predicted molar refractivity (Wildman–Crippen MR) is 130 cm³/mol. The third kappa shape index (κ3) is 6.86. The fourth-order valence-corrected chi connectivity index (χ4v) is 4.30. The molecule has 3 N–H and O–H groups in total. The number of hydrogen-bond donors (Lipinski definition) is 2. The molecule has 1 amide bonds. The van der Waals surface area contributed by atoms with Gasteiger partial charge in [0, 0.05) is 29.8 Å². The summed E-state index contributed by atoms with van der Waals surface area (Å²) in [6.07, 6.45) is 2.05. The molecule has 1 saturated carbocycles. The predicted octanol–water partition coefficient (Wildman–Crippen LogP) is 5.85. The van der Waals surface area contributed by atoms with E-state index in [1.54, 1.807) is 19.1 Å². The Kier molecular flexibility index (Phi) is 9.15. The summed E-state index contributed by atoms with van der Waals surface area (Å²) in [6, 6.07) is 7.00. The quantitative estimate of drug-likeness (QED) is 0.312. The van der Waals surface area contributed by atoms with E-state index >= 15 is 0 Å². The molecule has 194 valence electrons. The van der Waals surface area contributed by atoms with Gasteiger partial charge in [-0.1, -0.05) is 6.07 Å². The average Bonchev–Trinajstić information content (AvgIpc) is 3.52.